The minimum absolute atomic E-state index is 0.169. The van der Waals surface area contributed by atoms with E-state index in [1.54, 1.807) is 12.3 Å². The maximum atomic E-state index is 11.5. The summed E-state index contributed by atoms with van der Waals surface area (Å²) in [6.07, 6.45) is 3.91. The Labute approximate surface area is 114 Å². The summed E-state index contributed by atoms with van der Waals surface area (Å²) in [5, 5.41) is 3.12. The van der Waals surface area contributed by atoms with E-state index in [1.807, 2.05) is 6.07 Å². The molecule has 1 aromatic heterocycles. The zero-order chi connectivity index (χ0) is 13.0. The molecule has 0 aromatic carbocycles. The van der Waals surface area contributed by atoms with Gasteiger partial charge in [-0.05, 0) is 40.9 Å². The van der Waals surface area contributed by atoms with E-state index in [0.29, 0.717) is 12.2 Å². The molecule has 98 valence electrons. The van der Waals surface area contributed by atoms with Gasteiger partial charge in [0.1, 0.15) is 6.04 Å². The van der Waals surface area contributed by atoms with Crippen LogP contribution in [0.1, 0.15) is 24.6 Å². The fourth-order valence-electron chi connectivity index (χ4n) is 1.96. The van der Waals surface area contributed by atoms with Gasteiger partial charge in [0.05, 0.1) is 11.8 Å². The van der Waals surface area contributed by atoms with Crippen molar-refractivity contribution in [1.29, 1.82) is 0 Å². The van der Waals surface area contributed by atoms with E-state index in [0.717, 1.165) is 23.9 Å². The van der Waals surface area contributed by atoms with Crippen LogP contribution in [0.5, 0.6) is 0 Å². The number of nitrogens with two attached hydrogens (primary N) is 1. The van der Waals surface area contributed by atoms with Gasteiger partial charge in [0.2, 0.25) is 5.91 Å². The fourth-order valence-corrected chi connectivity index (χ4v) is 2.20. The molecular weight excluding hydrogens is 298 g/mol. The standard InChI is InChI=1S/C12H16BrN3O2/c13-8-3-4-10(15-6-8)11(12(14)17)16-7-9-2-1-5-18-9/h3-4,6,9,11,16H,1-2,5,7H2,(H2,14,17). The summed E-state index contributed by atoms with van der Waals surface area (Å²) < 4.78 is 6.36. The van der Waals surface area contributed by atoms with Crippen LogP contribution >= 0.6 is 15.9 Å². The number of rotatable bonds is 5. The van der Waals surface area contributed by atoms with Crippen molar-refractivity contribution in [1.82, 2.24) is 10.3 Å². The lowest BCUT2D eigenvalue weighted by molar-refractivity contribution is -0.120. The lowest BCUT2D eigenvalue weighted by Crippen LogP contribution is -2.38. The molecule has 1 aromatic rings. The average molecular weight is 314 g/mol. The molecule has 1 aliphatic rings. The van der Waals surface area contributed by atoms with Gasteiger partial charge in [-0.15, -0.1) is 0 Å². The van der Waals surface area contributed by atoms with Crippen molar-refractivity contribution in [2.75, 3.05) is 13.2 Å². The van der Waals surface area contributed by atoms with E-state index in [-0.39, 0.29) is 6.10 Å². The van der Waals surface area contributed by atoms with Crippen LogP contribution in [0.15, 0.2) is 22.8 Å². The Balaban J connectivity index is 1.99. The number of nitrogens with one attached hydrogen (secondary N) is 1. The Morgan fingerprint density at radius 1 is 1.67 bits per heavy atom. The molecule has 0 radical (unpaired) electrons. The van der Waals surface area contributed by atoms with Crippen molar-refractivity contribution in [3.05, 3.63) is 28.5 Å². The monoisotopic (exact) mass is 313 g/mol. The van der Waals surface area contributed by atoms with Gasteiger partial charge in [-0.3, -0.25) is 15.1 Å². The highest BCUT2D eigenvalue weighted by atomic mass is 79.9. The molecule has 5 nitrogen and oxygen atoms in total. The number of pyridine rings is 1. The Hall–Kier alpha value is -0.980. The fraction of sp³-hybridized carbons (Fsp3) is 0.500. The molecule has 0 aliphatic carbocycles. The van der Waals surface area contributed by atoms with E-state index in [9.17, 15) is 4.79 Å². The molecule has 3 N–H and O–H groups in total. The van der Waals surface area contributed by atoms with Crippen molar-refractivity contribution in [2.24, 2.45) is 5.73 Å². The number of hydrogen-bond acceptors (Lipinski definition) is 4. The molecular formula is C12H16BrN3O2. The summed E-state index contributed by atoms with van der Waals surface area (Å²) in [6, 6.07) is 3.05. The van der Waals surface area contributed by atoms with Gasteiger partial charge in [0.25, 0.3) is 0 Å². The number of carbonyl (C=O) groups is 1. The van der Waals surface area contributed by atoms with Crippen LogP contribution in [0.2, 0.25) is 0 Å². The van der Waals surface area contributed by atoms with Crippen LogP contribution in [0.3, 0.4) is 0 Å². The average Bonchev–Trinajstić information content (AvgIpc) is 2.84. The topological polar surface area (TPSA) is 77.2 Å². The second-order valence-electron chi connectivity index (χ2n) is 4.28. The number of aromatic nitrogens is 1. The maximum Gasteiger partial charge on any atom is 0.240 e. The lowest BCUT2D eigenvalue weighted by atomic mass is 10.1. The number of carbonyl (C=O) groups excluding carboxylic acids is 1. The minimum atomic E-state index is -0.567. The second-order valence-corrected chi connectivity index (χ2v) is 5.20. The smallest absolute Gasteiger partial charge is 0.240 e. The van der Waals surface area contributed by atoms with E-state index in [4.69, 9.17) is 10.5 Å². The van der Waals surface area contributed by atoms with Crippen LogP contribution in [0.4, 0.5) is 0 Å². The molecule has 2 heterocycles. The molecule has 1 saturated heterocycles. The normalized spacial score (nSPS) is 20.8. The van der Waals surface area contributed by atoms with Crippen molar-refractivity contribution in [3.63, 3.8) is 0 Å². The molecule has 2 rings (SSSR count). The van der Waals surface area contributed by atoms with Crippen molar-refractivity contribution < 1.29 is 9.53 Å². The van der Waals surface area contributed by atoms with Gasteiger partial charge in [-0.1, -0.05) is 0 Å². The maximum absolute atomic E-state index is 11.5. The predicted octanol–water partition coefficient (Wildman–Crippen LogP) is 1.14. The molecule has 0 saturated carbocycles. The highest BCUT2D eigenvalue weighted by Crippen LogP contribution is 2.16. The summed E-state index contributed by atoms with van der Waals surface area (Å²) >= 11 is 3.31. The van der Waals surface area contributed by atoms with Crippen LogP contribution in [0.25, 0.3) is 0 Å². The summed E-state index contributed by atoms with van der Waals surface area (Å²) in [5.74, 6) is -0.428. The zero-order valence-corrected chi connectivity index (χ0v) is 11.5. The highest BCUT2D eigenvalue weighted by Gasteiger charge is 2.22. The number of hydrogen-bond donors (Lipinski definition) is 2. The Kier molecular flexibility index (Phi) is 4.68. The first-order valence-electron chi connectivity index (χ1n) is 5.92. The highest BCUT2D eigenvalue weighted by molar-refractivity contribution is 9.10. The van der Waals surface area contributed by atoms with Crippen molar-refractivity contribution >= 4 is 21.8 Å². The summed E-state index contributed by atoms with van der Waals surface area (Å²) in [4.78, 5) is 15.7. The number of amides is 1. The van der Waals surface area contributed by atoms with Gasteiger partial charge < -0.3 is 10.5 Å². The summed E-state index contributed by atoms with van der Waals surface area (Å²) in [6.45, 7) is 1.41. The van der Waals surface area contributed by atoms with Gasteiger partial charge in [-0.25, -0.2) is 0 Å². The number of ether oxygens (including phenoxy) is 1. The van der Waals surface area contributed by atoms with E-state index in [2.05, 4.69) is 26.2 Å². The Morgan fingerprint density at radius 3 is 3.06 bits per heavy atom. The first-order valence-corrected chi connectivity index (χ1v) is 6.72. The Morgan fingerprint density at radius 2 is 2.50 bits per heavy atom. The molecule has 1 fully saturated rings. The summed E-state index contributed by atoms with van der Waals surface area (Å²) in [5.41, 5.74) is 6.03. The van der Waals surface area contributed by atoms with Crippen molar-refractivity contribution in [2.45, 2.75) is 25.0 Å². The van der Waals surface area contributed by atoms with E-state index < -0.39 is 11.9 Å². The number of nitrogens with zero attached hydrogens (tertiary/aromatic N) is 1. The van der Waals surface area contributed by atoms with E-state index >= 15 is 0 Å². The molecule has 0 spiro atoms. The molecule has 6 heteroatoms. The van der Waals surface area contributed by atoms with E-state index in [1.165, 1.54) is 0 Å². The zero-order valence-electron chi connectivity index (χ0n) is 9.93. The molecule has 1 amide bonds. The SMILES string of the molecule is NC(=O)C(NCC1CCCO1)c1ccc(Br)cn1. The quantitative estimate of drug-likeness (QED) is 0.854. The minimum Gasteiger partial charge on any atom is -0.377 e. The molecule has 2 unspecified atom stereocenters. The Bertz CT molecular complexity index is 404. The first kappa shape index (κ1) is 13.5. The molecule has 0 bridgehead atoms. The molecule has 1 aliphatic heterocycles. The van der Waals surface area contributed by atoms with Gasteiger partial charge in [0, 0.05) is 23.8 Å². The van der Waals surface area contributed by atoms with Gasteiger partial charge >= 0.3 is 0 Å². The van der Waals surface area contributed by atoms with Crippen LogP contribution in [0, 0.1) is 0 Å². The van der Waals surface area contributed by atoms with Crippen molar-refractivity contribution in [3.8, 4) is 0 Å². The summed E-state index contributed by atoms with van der Waals surface area (Å²) in [7, 11) is 0. The number of halogens is 1. The molecule has 2 atom stereocenters. The third-order valence-corrected chi connectivity index (χ3v) is 3.37. The largest absolute Gasteiger partial charge is 0.377 e. The molecule has 18 heavy (non-hydrogen) atoms. The number of primary amides is 1. The van der Waals surface area contributed by atoms with Gasteiger partial charge in [-0.2, -0.15) is 0 Å². The van der Waals surface area contributed by atoms with Crippen LogP contribution < -0.4 is 11.1 Å². The third kappa shape index (κ3) is 3.51. The third-order valence-electron chi connectivity index (χ3n) is 2.90. The predicted molar refractivity (Wildman–Crippen MR) is 70.8 cm³/mol. The second kappa shape index (κ2) is 6.26. The van der Waals surface area contributed by atoms with Crippen LogP contribution in [-0.2, 0) is 9.53 Å². The lowest BCUT2D eigenvalue weighted by Gasteiger charge is -2.17. The van der Waals surface area contributed by atoms with Crippen LogP contribution in [-0.4, -0.2) is 30.1 Å². The first-order chi connectivity index (χ1) is 8.66. The van der Waals surface area contributed by atoms with Gasteiger partial charge in [0.15, 0.2) is 0 Å².